The van der Waals surface area contributed by atoms with Crippen LogP contribution in [0.3, 0.4) is 0 Å². The van der Waals surface area contributed by atoms with E-state index in [1.54, 1.807) is 11.3 Å². The lowest BCUT2D eigenvalue weighted by Gasteiger charge is -2.27. The standard InChI is InChI=1S/C16H20N4OS/c1-10(2)15-18-17-14-7-12-3-4-13(8-19(14)15)20(12)16(21)11-5-6-22-9-11/h5-6,9-10,12-13H,3-4,7-8H2,1-2H3. The molecule has 2 aromatic rings. The van der Waals surface area contributed by atoms with Crippen molar-refractivity contribution in [2.75, 3.05) is 0 Å². The SMILES string of the molecule is CC(C)c1nnc2n1CC1CCC(C2)N1C(=O)c1ccsc1. The maximum Gasteiger partial charge on any atom is 0.255 e. The first-order valence-electron chi connectivity index (χ1n) is 7.92. The third-order valence-electron chi connectivity index (χ3n) is 4.81. The van der Waals surface area contributed by atoms with Crippen LogP contribution < -0.4 is 0 Å². The van der Waals surface area contributed by atoms with Crippen molar-refractivity contribution in [1.29, 1.82) is 0 Å². The molecule has 0 saturated carbocycles. The summed E-state index contributed by atoms with van der Waals surface area (Å²) in [5, 5.41) is 12.7. The normalized spacial score (nSPS) is 23.7. The maximum absolute atomic E-state index is 12.9. The number of nitrogens with zero attached hydrogens (tertiary/aromatic N) is 4. The van der Waals surface area contributed by atoms with Gasteiger partial charge < -0.3 is 9.47 Å². The fourth-order valence-corrected chi connectivity index (χ4v) is 4.39. The van der Waals surface area contributed by atoms with Crippen LogP contribution in [0.5, 0.6) is 0 Å². The van der Waals surface area contributed by atoms with Gasteiger partial charge in [0, 0.05) is 30.3 Å². The van der Waals surface area contributed by atoms with Crippen molar-refractivity contribution in [3.05, 3.63) is 34.0 Å². The van der Waals surface area contributed by atoms with Crippen LogP contribution in [-0.2, 0) is 13.0 Å². The lowest BCUT2D eigenvalue weighted by molar-refractivity contribution is 0.0665. The molecule has 0 radical (unpaired) electrons. The van der Waals surface area contributed by atoms with Gasteiger partial charge in [0.2, 0.25) is 0 Å². The van der Waals surface area contributed by atoms with E-state index in [-0.39, 0.29) is 18.0 Å². The van der Waals surface area contributed by atoms with Crippen molar-refractivity contribution in [2.24, 2.45) is 0 Å². The molecular weight excluding hydrogens is 296 g/mol. The van der Waals surface area contributed by atoms with Crippen LogP contribution in [0.25, 0.3) is 0 Å². The van der Waals surface area contributed by atoms with Gasteiger partial charge in [-0.15, -0.1) is 10.2 Å². The molecule has 0 aromatic carbocycles. The Morgan fingerprint density at radius 1 is 1.32 bits per heavy atom. The van der Waals surface area contributed by atoms with Crippen LogP contribution in [0.15, 0.2) is 16.8 Å². The number of fused-ring (bicyclic) bond motifs is 3. The van der Waals surface area contributed by atoms with Crippen LogP contribution in [0.4, 0.5) is 0 Å². The Bertz CT molecular complexity index is 691. The first-order valence-corrected chi connectivity index (χ1v) is 8.86. The number of carbonyl (C=O) groups excluding carboxylic acids is 1. The second kappa shape index (κ2) is 5.19. The minimum atomic E-state index is 0.179. The van der Waals surface area contributed by atoms with E-state index in [0.717, 1.165) is 43.0 Å². The van der Waals surface area contributed by atoms with Crippen molar-refractivity contribution in [3.63, 3.8) is 0 Å². The fourth-order valence-electron chi connectivity index (χ4n) is 3.76. The van der Waals surface area contributed by atoms with Gasteiger partial charge in [-0.2, -0.15) is 11.3 Å². The zero-order valence-electron chi connectivity index (χ0n) is 12.9. The van der Waals surface area contributed by atoms with E-state index in [9.17, 15) is 4.79 Å². The second-order valence-electron chi connectivity index (χ2n) is 6.55. The third kappa shape index (κ3) is 2.08. The molecule has 2 unspecified atom stereocenters. The van der Waals surface area contributed by atoms with Crippen LogP contribution in [-0.4, -0.2) is 37.7 Å². The first kappa shape index (κ1) is 13.9. The minimum Gasteiger partial charge on any atom is -0.330 e. The van der Waals surface area contributed by atoms with Gasteiger partial charge in [-0.1, -0.05) is 13.8 Å². The Labute approximate surface area is 134 Å². The number of hydrogen-bond donors (Lipinski definition) is 0. The summed E-state index contributed by atoms with van der Waals surface area (Å²) in [6.45, 7) is 5.13. The van der Waals surface area contributed by atoms with Gasteiger partial charge in [0.05, 0.1) is 11.6 Å². The second-order valence-corrected chi connectivity index (χ2v) is 7.33. The highest BCUT2D eigenvalue weighted by molar-refractivity contribution is 7.08. The Balaban J connectivity index is 1.68. The summed E-state index contributed by atoms with van der Waals surface area (Å²) in [6, 6.07) is 2.46. The summed E-state index contributed by atoms with van der Waals surface area (Å²) in [6.07, 6.45) is 2.98. The summed E-state index contributed by atoms with van der Waals surface area (Å²) in [5.41, 5.74) is 0.823. The fraction of sp³-hybridized carbons (Fsp3) is 0.562. The molecule has 0 N–H and O–H groups in total. The van der Waals surface area contributed by atoms with Gasteiger partial charge in [0.1, 0.15) is 11.6 Å². The Morgan fingerprint density at radius 3 is 2.86 bits per heavy atom. The smallest absolute Gasteiger partial charge is 0.255 e. The lowest BCUT2D eigenvalue weighted by atomic mass is 10.1. The molecule has 0 aliphatic carbocycles. The number of hydrogen-bond acceptors (Lipinski definition) is 4. The Kier molecular flexibility index (Phi) is 3.29. The summed E-state index contributed by atoms with van der Waals surface area (Å²) in [7, 11) is 0. The van der Waals surface area contributed by atoms with Gasteiger partial charge >= 0.3 is 0 Å². The van der Waals surface area contributed by atoms with E-state index < -0.39 is 0 Å². The molecule has 2 aliphatic rings. The molecule has 1 amide bonds. The predicted molar refractivity (Wildman–Crippen MR) is 85.1 cm³/mol. The number of aromatic nitrogens is 3. The van der Waals surface area contributed by atoms with E-state index in [2.05, 4.69) is 33.5 Å². The minimum absolute atomic E-state index is 0.179. The highest BCUT2D eigenvalue weighted by atomic mass is 32.1. The quantitative estimate of drug-likeness (QED) is 0.856. The molecule has 2 bridgehead atoms. The molecule has 5 nitrogen and oxygen atoms in total. The number of thiophene rings is 1. The predicted octanol–water partition coefficient (Wildman–Crippen LogP) is 2.69. The molecule has 4 rings (SSSR count). The Hall–Kier alpha value is -1.69. The topological polar surface area (TPSA) is 51.0 Å². The van der Waals surface area contributed by atoms with Crippen LogP contribution in [0, 0.1) is 0 Å². The summed E-state index contributed by atoms with van der Waals surface area (Å²) in [4.78, 5) is 15.0. The van der Waals surface area contributed by atoms with E-state index in [4.69, 9.17) is 0 Å². The van der Waals surface area contributed by atoms with Crippen LogP contribution in [0.2, 0.25) is 0 Å². The molecule has 1 fully saturated rings. The molecule has 4 heterocycles. The van der Waals surface area contributed by atoms with Crippen molar-refractivity contribution in [2.45, 2.75) is 57.7 Å². The average molecular weight is 316 g/mol. The molecule has 2 aromatic heterocycles. The van der Waals surface area contributed by atoms with E-state index in [0.29, 0.717) is 5.92 Å². The molecule has 1 saturated heterocycles. The van der Waals surface area contributed by atoms with Gasteiger partial charge in [-0.05, 0) is 24.3 Å². The number of rotatable bonds is 2. The van der Waals surface area contributed by atoms with E-state index >= 15 is 0 Å². The van der Waals surface area contributed by atoms with Crippen molar-refractivity contribution in [3.8, 4) is 0 Å². The average Bonchev–Trinajstić information content (AvgIpc) is 3.17. The van der Waals surface area contributed by atoms with Crippen molar-refractivity contribution < 1.29 is 4.79 Å². The van der Waals surface area contributed by atoms with Gasteiger partial charge in [-0.25, -0.2) is 0 Å². The van der Waals surface area contributed by atoms with Crippen molar-refractivity contribution >= 4 is 17.2 Å². The largest absolute Gasteiger partial charge is 0.330 e. The number of amides is 1. The zero-order valence-corrected chi connectivity index (χ0v) is 13.7. The maximum atomic E-state index is 12.9. The van der Waals surface area contributed by atoms with Gasteiger partial charge in [0.15, 0.2) is 0 Å². The summed E-state index contributed by atoms with van der Waals surface area (Å²) in [5.74, 6) is 2.63. The highest BCUT2D eigenvalue weighted by Crippen LogP contribution is 2.33. The molecule has 22 heavy (non-hydrogen) atoms. The molecule has 0 spiro atoms. The number of carbonyl (C=O) groups is 1. The zero-order chi connectivity index (χ0) is 15.3. The highest BCUT2D eigenvalue weighted by Gasteiger charge is 2.41. The monoisotopic (exact) mass is 316 g/mol. The van der Waals surface area contributed by atoms with E-state index in [1.807, 2.05) is 16.8 Å². The van der Waals surface area contributed by atoms with E-state index in [1.165, 1.54) is 0 Å². The summed E-state index contributed by atoms with van der Waals surface area (Å²) < 4.78 is 2.25. The van der Waals surface area contributed by atoms with Gasteiger partial charge in [0.25, 0.3) is 5.91 Å². The lowest BCUT2D eigenvalue weighted by Crippen LogP contribution is -2.42. The van der Waals surface area contributed by atoms with Crippen LogP contribution in [0.1, 0.15) is 54.6 Å². The molecule has 6 heteroatoms. The molecule has 2 atom stereocenters. The first-order chi connectivity index (χ1) is 10.6. The van der Waals surface area contributed by atoms with Gasteiger partial charge in [-0.3, -0.25) is 4.79 Å². The molecule has 2 aliphatic heterocycles. The summed E-state index contributed by atoms with van der Waals surface area (Å²) >= 11 is 1.58. The van der Waals surface area contributed by atoms with Crippen molar-refractivity contribution in [1.82, 2.24) is 19.7 Å². The third-order valence-corrected chi connectivity index (χ3v) is 5.49. The molecular formula is C16H20N4OS. The molecule has 116 valence electrons. The van der Waals surface area contributed by atoms with Crippen LogP contribution >= 0.6 is 11.3 Å². The Morgan fingerprint density at radius 2 is 2.14 bits per heavy atom.